The lowest BCUT2D eigenvalue weighted by molar-refractivity contribution is 0.282. The number of halogens is 2. The number of fused-ring (bicyclic) bond motifs is 1. The Morgan fingerprint density at radius 1 is 1.14 bits per heavy atom. The van der Waals surface area contributed by atoms with Crippen molar-refractivity contribution in [3.63, 3.8) is 0 Å². The number of pyridine rings is 1. The molecule has 0 aliphatic rings. The summed E-state index contributed by atoms with van der Waals surface area (Å²) in [5.41, 5.74) is 4.06. The van der Waals surface area contributed by atoms with Crippen molar-refractivity contribution in [2.45, 2.75) is 13.5 Å². The van der Waals surface area contributed by atoms with E-state index >= 15 is 0 Å². The zero-order valence-electron chi connectivity index (χ0n) is 11.4. The molecule has 3 aromatic rings. The van der Waals surface area contributed by atoms with Crippen molar-refractivity contribution in [2.24, 2.45) is 0 Å². The average molecular weight is 346 g/mol. The Hall–Kier alpha value is -1.78. The van der Waals surface area contributed by atoms with Gasteiger partial charge in [-0.25, -0.2) is 9.37 Å². The number of benzene rings is 2. The molecule has 21 heavy (non-hydrogen) atoms. The van der Waals surface area contributed by atoms with Gasteiger partial charge in [0.15, 0.2) is 0 Å². The first kappa shape index (κ1) is 14.2. The minimum Gasteiger partial charge on any atom is -0.392 e. The number of nitrogens with zero attached hydrogens (tertiary/aromatic N) is 1. The van der Waals surface area contributed by atoms with Gasteiger partial charge >= 0.3 is 0 Å². The molecule has 0 saturated heterocycles. The lowest BCUT2D eigenvalue weighted by Gasteiger charge is -2.13. The third-order valence-electron chi connectivity index (χ3n) is 3.60. The molecule has 2 aromatic carbocycles. The SMILES string of the molecule is Cc1c(-c2ccc(Br)cc2)nc2ccc(F)cc2c1CO. The van der Waals surface area contributed by atoms with E-state index in [-0.39, 0.29) is 12.4 Å². The highest BCUT2D eigenvalue weighted by atomic mass is 79.9. The maximum Gasteiger partial charge on any atom is 0.123 e. The van der Waals surface area contributed by atoms with E-state index in [4.69, 9.17) is 0 Å². The summed E-state index contributed by atoms with van der Waals surface area (Å²) in [6.07, 6.45) is 0. The van der Waals surface area contributed by atoms with E-state index in [0.717, 1.165) is 26.9 Å². The van der Waals surface area contributed by atoms with Gasteiger partial charge in [-0.3, -0.25) is 0 Å². The predicted octanol–water partition coefficient (Wildman–Crippen LogP) is 4.60. The van der Waals surface area contributed by atoms with Crippen LogP contribution in [0.15, 0.2) is 46.9 Å². The predicted molar refractivity (Wildman–Crippen MR) is 85.5 cm³/mol. The number of hydrogen-bond acceptors (Lipinski definition) is 2. The Balaban J connectivity index is 2.31. The summed E-state index contributed by atoms with van der Waals surface area (Å²) in [5.74, 6) is -0.324. The van der Waals surface area contributed by atoms with Crippen LogP contribution in [0.5, 0.6) is 0 Å². The van der Waals surface area contributed by atoms with Crippen molar-refractivity contribution in [3.8, 4) is 11.3 Å². The summed E-state index contributed by atoms with van der Waals surface area (Å²) < 4.78 is 14.4. The van der Waals surface area contributed by atoms with Crippen molar-refractivity contribution >= 4 is 26.8 Å². The molecule has 0 bridgehead atoms. The minimum absolute atomic E-state index is 0.141. The molecule has 1 heterocycles. The van der Waals surface area contributed by atoms with E-state index in [1.54, 1.807) is 6.07 Å². The third kappa shape index (κ3) is 2.57. The molecule has 0 aliphatic carbocycles. The van der Waals surface area contributed by atoms with Gasteiger partial charge in [0, 0.05) is 15.4 Å². The molecular formula is C17H13BrFNO. The monoisotopic (exact) mass is 345 g/mol. The van der Waals surface area contributed by atoms with Crippen LogP contribution < -0.4 is 0 Å². The summed E-state index contributed by atoms with van der Waals surface area (Å²) in [6.45, 7) is 1.76. The van der Waals surface area contributed by atoms with Gasteiger partial charge in [0.2, 0.25) is 0 Å². The average Bonchev–Trinajstić information content (AvgIpc) is 2.48. The zero-order chi connectivity index (χ0) is 15.0. The van der Waals surface area contributed by atoms with E-state index in [0.29, 0.717) is 10.9 Å². The Kier molecular flexibility index (Phi) is 3.74. The van der Waals surface area contributed by atoms with Crippen LogP contribution in [-0.4, -0.2) is 10.1 Å². The van der Waals surface area contributed by atoms with Gasteiger partial charge in [-0.05, 0) is 48.4 Å². The molecule has 0 saturated carbocycles. The second-order valence-corrected chi connectivity index (χ2v) is 5.81. The Morgan fingerprint density at radius 3 is 2.52 bits per heavy atom. The summed E-state index contributed by atoms with van der Waals surface area (Å²) in [4.78, 5) is 4.63. The van der Waals surface area contributed by atoms with Crippen LogP contribution >= 0.6 is 15.9 Å². The van der Waals surface area contributed by atoms with Crippen LogP contribution in [0.4, 0.5) is 4.39 Å². The maximum atomic E-state index is 13.4. The van der Waals surface area contributed by atoms with Gasteiger partial charge in [0.1, 0.15) is 5.82 Å². The van der Waals surface area contributed by atoms with Crippen molar-refractivity contribution in [1.82, 2.24) is 4.98 Å². The fraction of sp³-hybridized carbons (Fsp3) is 0.118. The number of aliphatic hydroxyl groups excluding tert-OH is 1. The highest BCUT2D eigenvalue weighted by Gasteiger charge is 2.13. The van der Waals surface area contributed by atoms with Crippen LogP contribution in [0.3, 0.4) is 0 Å². The second kappa shape index (κ2) is 5.54. The van der Waals surface area contributed by atoms with Crippen molar-refractivity contribution in [1.29, 1.82) is 0 Å². The molecule has 0 unspecified atom stereocenters. The standard InChI is InChI=1S/C17H13BrFNO/c1-10-15(9-21)14-8-13(19)6-7-16(14)20-17(10)11-2-4-12(18)5-3-11/h2-8,21H,9H2,1H3. The molecule has 4 heteroatoms. The zero-order valence-corrected chi connectivity index (χ0v) is 13.0. The highest BCUT2D eigenvalue weighted by molar-refractivity contribution is 9.10. The molecule has 0 aliphatic heterocycles. The number of aromatic nitrogens is 1. The third-order valence-corrected chi connectivity index (χ3v) is 4.13. The van der Waals surface area contributed by atoms with Crippen molar-refractivity contribution < 1.29 is 9.50 Å². The van der Waals surface area contributed by atoms with E-state index in [1.807, 2.05) is 31.2 Å². The largest absolute Gasteiger partial charge is 0.392 e. The Morgan fingerprint density at radius 2 is 1.86 bits per heavy atom. The molecule has 106 valence electrons. The topological polar surface area (TPSA) is 33.1 Å². The normalized spacial score (nSPS) is 11.0. The minimum atomic E-state index is -0.324. The highest BCUT2D eigenvalue weighted by Crippen LogP contribution is 2.30. The van der Waals surface area contributed by atoms with Gasteiger partial charge < -0.3 is 5.11 Å². The molecular weight excluding hydrogens is 333 g/mol. The number of hydrogen-bond donors (Lipinski definition) is 1. The lowest BCUT2D eigenvalue weighted by atomic mass is 9.98. The molecule has 1 N–H and O–H groups in total. The summed E-state index contributed by atoms with van der Waals surface area (Å²) in [7, 11) is 0. The smallest absolute Gasteiger partial charge is 0.123 e. The van der Waals surface area contributed by atoms with E-state index in [1.165, 1.54) is 12.1 Å². The van der Waals surface area contributed by atoms with Gasteiger partial charge in [0.25, 0.3) is 0 Å². The molecule has 2 nitrogen and oxygen atoms in total. The first-order valence-corrected chi connectivity index (χ1v) is 7.35. The van der Waals surface area contributed by atoms with Crippen molar-refractivity contribution in [3.05, 3.63) is 63.9 Å². The summed E-state index contributed by atoms with van der Waals surface area (Å²) in [5, 5.41) is 10.3. The Labute approximate surface area is 130 Å². The first-order chi connectivity index (χ1) is 10.1. The number of rotatable bonds is 2. The quantitative estimate of drug-likeness (QED) is 0.735. The van der Waals surface area contributed by atoms with Gasteiger partial charge in [-0.2, -0.15) is 0 Å². The molecule has 0 amide bonds. The van der Waals surface area contributed by atoms with Crippen molar-refractivity contribution in [2.75, 3.05) is 0 Å². The first-order valence-electron chi connectivity index (χ1n) is 6.55. The molecule has 1 aromatic heterocycles. The van der Waals surface area contributed by atoms with Gasteiger partial charge in [-0.15, -0.1) is 0 Å². The molecule has 3 rings (SSSR count). The van der Waals surface area contributed by atoms with Crippen LogP contribution in [-0.2, 0) is 6.61 Å². The molecule has 0 atom stereocenters. The summed E-state index contributed by atoms with van der Waals surface area (Å²) >= 11 is 3.41. The maximum absolute atomic E-state index is 13.4. The van der Waals surface area contributed by atoms with Crippen LogP contribution in [0.2, 0.25) is 0 Å². The lowest BCUT2D eigenvalue weighted by Crippen LogP contribution is -1.98. The second-order valence-electron chi connectivity index (χ2n) is 4.89. The molecule has 0 radical (unpaired) electrons. The van der Waals surface area contributed by atoms with E-state index in [9.17, 15) is 9.50 Å². The fourth-order valence-electron chi connectivity index (χ4n) is 2.49. The fourth-order valence-corrected chi connectivity index (χ4v) is 2.75. The molecule has 0 spiro atoms. The van der Waals surface area contributed by atoms with Crippen LogP contribution in [0.1, 0.15) is 11.1 Å². The number of aliphatic hydroxyl groups is 1. The van der Waals surface area contributed by atoms with E-state index < -0.39 is 0 Å². The van der Waals surface area contributed by atoms with Crippen LogP contribution in [0.25, 0.3) is 22.2 Å². The van der Waals surface area contributed by atoms with Gasteiger partial charge in [0.05, 0.1) is 17.8 Å². The van der Waals surface area contributed by atoms with Crippen LogP contribution in [0, 0.1) is 12.7 Å². The molecule has 0 fully saturated rings. The van der Waals surface area contributed by atoms with E-state index in [2.05, 4.69) is 20.9 Å². The Bertz CT molecular complexity index is 815. The van der Waals surface area contributed by atoms with Gasteiger partial charge in [-0.1, -0.05) is 28.1 Å². The summed E-state index contributed by atoms with van der Waals surface area (Å²) in [6, 6.07) is 12.3.